The van der Waals surface area contributed by atoms with Gasteiger partial charge in [-0.3, -0.25) is 14.7 Å². The van der Waals surface area contributed by atoms with E-state index in [0.29, 0.717) is 0 Å². The van der Waals surface area contributed by atoms with Crippen molar-refractivity contribution in [3.05, 3.63) is 29.8 Å². The summed E-state index contributed by atoms with van der Waals surface area (Å²) in [6.07, 6.45) is -0.395. The van der Waals surface area contributed by atoms with E-state index >= 15 is 0 Å². The Hall–Kier alpha value is -1.40. The van der Waals surface area contributed by atoms with E-state index in [0.717, 1.165) is 5.56 Å². The number of aromatic hydroxyl groups is 1. The maximum atomic E-state index is 11.7. The first-order chi connectivity index (χ1) is 9.31. The third-order valence-electron chi connectivity index (χ3n) is 2.49. The highest BCUT2D eigenvalue weighted by atomic mass is 31.2. The van der Waals surface area contributed by atoms with Gasteiger partial charge in [0, 0.05) is 0 Å². The molecule has 0 aliphatic carbocycles. The predicted octanol–water partition coefficient (Wildman–Crippen LogP) is 0.591. The van der Waals surface area contributed by atoms with Crippen LogP contribution in [0.25, 0.3) is 0 Å². The number of nitrogens with one attached hydrogen (secondary N) is 1. The monoisotopic (exact) mass is 303 g/mol. The van der Waals surface area contributed by atoms with Crippen LogP contribution in [0, 0.1) is 0 Å². The van der Waals surface area contributed by atoms with Gasteiger partial charge >= 0.3 is 13.6 Å². The molecule has 1 aromatic rings. The van der Waals surface area contributed by atoms with Crippen molar-refractivity contribution in [1.82, 2.24) is 5.32 Å². The van der Waals surface area contributed by atoms with E-state index in [-0.39, 0.29) is 18.8 Å². The molecule has 7 nitrogen and oxygen atoms in total. The van der Waals surface area contributed by atoms with Gasteiger partial charge in [-0.15, -0.1) is 0 Å². The van der Waals surface area contributed by atoms with Crippen LogP contribution in [0.1, 0.15) is 12.5 Å². The van der Waals surface area contributed by atoms with Crippen molar-refractivity contribution in [3.63, 3.8) is 0 Å². The summed E-state index contributed by atoms with van der Waals surface area (Å²) in [7, 11) is -4.25. The quantitative estimate of drug-likeness (QED) is 0.430. The molecule has 8 heteroatoms. The van der Waals surface area contributed by atoms with Gasteiger partial charge in [0.25, 0.3) is 0 Å². The van der Waals surface area contributed by atoms with Gasteiger partial charge in [0.15, 0.2) is 0 Å². The second-order valence-electron chi connectivity index (χ2n) is 4.20. The van der Waals surface area contributed by atoms with Crippen LogP contribution >= 0.6 is 7.60 Å². The summed E-state index contributed by atoms with van der Waals surface area (Å²) in [6.45, 7) is 1.83. The van der Waals surface area contributed by atoms with Gasteiger partial charge in [-0.05, 0) is 31.0 Å². The van der Waals surface area contributed by atoms with Crippen LogP contribution in [0.2, 0.25) is 0 Å². The third kappa shape index (κ3) is 6.16. The molecule has 0 radical (unpaired) electrons. The van der Waals surface area contributed by atoms with Crippen LogP contribution in [-0.2, 0) is 20.5 Å². The number of benzene rings is 1. The fourth-order valence-electron chi connectivity index (χ4n) is 1.58. The van der Waals surface area contributed by atoms with Crippen molar-refractivity contribution < 1.29 is 29.0 Å². The number of ether oxygens (including phenoxy) is 1. The second kappa shape index (κ2) is 7.40. The van der Waals surface area contributed by atoms with Crippen molar-refractivity contribution in [3.8, 4) is 5.75 Å². The van der Waals surface area contributed by atoms with Crippen LogP contribution in [0.3, 0.4) is 0 Å². The van der Waals surface area contributed by atoms with Crippen molar-refractivity contribution >= 4 is 13.6 Å². The van der Waals surface area contributed by atoms with Crippen molar-refractivity contribution in [1.29, 1.82) is 0 Å². The number of rotatable bonds is 7. The molecule has 0 saturated carbocycles. The number of phenols is 1. The molecule has 0 aromatic heterocycles. The Morgan fingerprint density at radius 3 is 2.45 bits per heavy atom. The molecule has 112 valence electrons. The minimum atomic E-state index is -4.25. The summed E-state index contributed by atoms with van der Waals surface area (Å²) in [5, 5.41) is 11.7. The summed E-state index contributed by atoms with van der Waals surface area (Å²) in [6, 6.07) is 5.34. The van der Waals surface area contributed by atoms with Crippen LogP contribution < -0.4 is 5.32 Å². The van der Waals surface area contributed by atoms with Gasteiger partial charge in [0.2, 0.25) is 0 Å². The average Bonchev–Trinajstić information content (AvgIpc) is 2.36. The lowest BCUT2D eigenvalue weighted by Gasteiger charge is -2.17. The first kappa shape index (κ1) is 16.7. The molecule has 0 aliphatic rings. The molecule has 0 amide bonds. The Morgan fingerprint density at radius 1 is 1.35 bits per heavy atom. The molecule has 4 N–H and O–H groups in total. The molecule has 1 atom stereocenters. The van der Waals surface area contributed by atoms with E-state index in [1.165, 1.54) is 12.1 Å². The molecule has 0 aliphatic heterocycles. The maximum absolute atomic E-state index is 11.7. The number of esters is 1. The lowest BCUT2D eigenvalue weighted by atomic mass is 10.1. The number of carbonyl (C=O) groups excluding carboxylic acids is 1. The lowest BCUT2D eigenvalue weighted by molar-refractivity contribution is -0.145. The van der Waals surface area contributed by atoms with Gasteiger partial charge in [-0.25, -0.2) is 0 Å². The topological polar surface area (TPSA) is 116 Å². The Labute approximate surface area is 116 Å². The van der Waals surface area contributed by atoms with E-state index in [2.05, 4.69) is 5.32 Å². The molecule has 0 fully saturated rings. The highest BCUT2D eigenvalue weighted by molar-refractivity contribution is 7.51. The third-order valence-corrected chi connectivity index (χ3v) is 3.09. The SMILES string of the molecule is CCOC(=O)[C@H](Cc1ccc(O)cc1)NCP(=O)(O)O. The van der Waals surface area contributed by atoms with Gasteiger partial charge in [0.1, 0.15) is 11.8 Å². The Kier molecular flexibility index (Phi) is 6.16. The zero-order chi connectivity index (χ0) is 15.2. The van der Waals surface area contributed by atoms with Crippen LogP contribution in [-0.4, -0.2) is 39.8 Å². The van der Waals surface area contributed by atoms with E-state index in [9.17, 15) is 14.5 Å². The van der Waals surface area contributed by atoms with Gasteiger partial charge in [0.05, 0.1) is 12.9 Å². The van der Waals surface area contributed by atoms with Crippen LogP contribution in [0.4, 0.5) is 0 Å². The minimum Gasteiger partial charge on any atom is -0.508 e. The first-order valence-electron chi connectivity index (χ1n) is 6.04. The molecule has 1 rings (SSSR count). The zero-order valence-corrected chi connectivity index (χ0v) is 11.9. The highest BCUT2D eigenvalue weighted by Crippen LogP contribution is 2.32. The molecule has 0 saturated heterocycles. The molecular weight excluding hydrogens is 285 g/mol. The standard InChI is InChI=1S/C12H18NO6P/c1-2-19-12(15)11(13-8-20(16,17)18)7-9-3-5-10(14)6-4-9/h3-6,11,13-14H,2,7-8H2,1H3,(H2,16,17,18)/t11-/m0/s1. The fraction of sp³-hybridized carbons (Fsp3) is 0.417. The molecule has 0 heterocycles. The smallest absolute Gasteiger partial charge is 0.339 e. The zero-order valence-electron chi connectivity index (χ0n) is 11.0. The van der Waals surface area contributed by atoms with Crippen LogP contribution in [0.15, 0.2) is 24.3 Å². The maximum Gasteiger partial charge on any atom is 0.339 e. The number of carbonyl (C=O) groups is 1. The summed E-state index contributed by atoms with van der Waals surface area (Å²) in [5.74, 6) is -0.473. The van der Waals surface area contributed by atoms with E-state index in [4.69, 9.17) is 14.5 Å². The normalized spacial score (nSPS) is 12.9. The number of hydrogen-bond acceptors (Lipinski definition) is 5. The van der Waals surface area contributed by atoms with Crippen molar-refractivity contribution in [2.24, 2.45) is 0 Å². The summed E-state index contributed by atoms with van der Waals surface area (Å²) < 4.78 is 15.7. The average molecular weight is 303 g/mol. The summed E-state index contributed by atoms with van der Waals surface area (Å²) in [4.78, 5) is 29.4. The van der Waals surface area contributed by atoms with E-state index in [1.54, 1.807) is 19.1 Å². The number of phenolic OH excluding ortho intramolecular Hbond substituents is 1. The first-order valence-corrected chi connectivity index (χ1v) is 7.84. The second-order valence-corrected chi connectivity index (χ2v) is 5.85. The minimum absolute atomic E-state index is 0.101. The number of hydrogen-bond donors (Lipinski definition) is 4. The molecule has 1 aromatic carbocycles. The fourth-order valence-corrected chi connectivity index (χ4v) is 2.04. The molecule has 0 spiro atoms. The van der Waals surface area contributed by atoms with Crippen molar-refractivity contribution in [2.45, 2.75) is 19.4 Å². The Bertz CT molecular complexity index is 483. The van der Waals surface area contributed by atoms with Gasteiger partial charge in [-0.1, -0.05) is 12.1 Å². The lowest BCUT2D eigenvalue weighted by Crippen LogP contribution is -2.40. The molecule has 0 unspecified atom stereocenters. The van der Waals surface area contributed by atoms with Crippen molar-refractivity contribution in [2.75, 3.05) is 12.9 Å². The molecular formula is C12H18NO6P. The summed E-state index contributed by atoms with van der Waals surface area (Å²) in [5.41, 5.74) is 0.735. The summed E-state index contributed by atoms with van der Waals surface area (Å²) >= 11 is 0. The van der Waals surface area contributed by atoms with E-state index in [1.807, 2.05) is 0 Å². The Morgan fingerprint density at radius 2 is 1.95 bits per heavy atom. The van der Waals surface area contributed by atoms with Gasteiger partial charge < -0.3 is 19.6 Å². The predicted molar refractivity (Wildman–Crippen MR) is 72.3 cm³/mol. The Balaban J connectivity index is 2.73. The largest absolute Gasteiger partial charge is 0.508 e. The molecule has 20 heavy (non-hydrogen) atoms. The van der Waals surface area contributed by atoms with Crippen LogP contribution in [0.5, 0.6) is 5.75 Å². The highest BCUT2D eigenvalue weighted by Gasteiger charge is 2.23. The van der Waals surface area contributed by atoms with E-state index < -0.39 is 25.9 Å². The van der Waals surface area contributed by atoms with Gasteiger partial charge in [-0.2, -0.15) is 0 Å². The molecule has 0 bridgehead atoms.